The number of aromatic amines is 4. The summed E-state index contributed by atoms with van der Waals surface area (Å²) in [6, 6.07) is 62.3. The lowest BCUT2D eigenvalue weighted by molar-refractivity contribution is 0.484. The van der Waals surface area contributed by atoms with E-state index in [1.807, 2.05) is 0 Å². The van der Waals surface area contributed by atoms with E-state index < -0.39 is 21.7 Å². The van der Waals surface area contributed by atoms with Gasteiger partial charge in [0.25, 0.3) is 0 Å². The highest BCUT2D eigenvalue weighted by atomic mass is 35.5. The van der Waals surface area contributed by atoms with E-state index in [0.29, 0.717) is 23.5 Å². The van der Waals surface area contributed by atoms with Crippen LogP contribution in [0.15, 0.2) is 170 Å². The Bertz CT molecular complexity index is 2250. The molecule has 8 bridgehead atoms. The Balaban J connectivity index is 1.44. The van der Waals surface area contributed by atoms with Gasteiger partial charge in [0.2, 0.25) is 0 Å². The second-order valence-corrected chi connectivity index (χ2v) is 18.9. The van der Waals surface area contributed by atoms with Crippen molar-refractivity contribution in [2.24, 2.45) is 0 Å². The maximum atomic E-state index is 6.69. The number of hydrogen-bond acceptors (Lipinski definition) is 0. The van der Waals surface area contributed by atoms with Crippen LogP contribution < -0.4 is 0 Å². The van der Waals surface area contributed by atoms with Crippen LogP contribution in [0.4, 0.5) is 0 Å². The Morgan fingerprint density at radius 1 is 0.250 bits per heavy atom. The minimum atomic E-state index is -0.612. The van der Waals surface area contributed by atoms with Crippen molar-refractivity contribution in [2.75, 3.05) is 23.5 Å². The SMILES string of the molecule is ClCCCC1(c2ccccc2)c2ccc([nH]2)C(CCCCl)(c2ccccc2)c2ccc([nH]2)C(CCCCl)(c2ccccc2)c2ccc([nH]2)C(CCCCl)(c2ccccc2)c2ccc1[nH]2. The van der Waals surface area contributed by atoms with Crippen LogP contribution in [0, 0.1) is 0 Å². The molecule has 328 valence electrons. The highest BCUT2D eigenvalue weighted by molar-refractivity contribution is 6.18. The zero-order valence-corrected chi connectivity index (χ0v) is 39.2. The Kier molecular flexibility index (Phi) is 13.4. The lowest BCUT2D eigenvalue weighted by Gasteiger charge is -2.38. The van der Waals surface area contributed by atoms with Gasteiger partial charge in [-0.15, -0.1) is 46.4 Å². The van der Waals surface area contributed by atoms with Crippen LogP contribution >= 0.6 is 46.4 Å². The summed E-state index contributed by atoms with van der Waals surface area (Å²) in [5.74, 6) is 2.14. The molecule has 0 radical (unpaired) electrons. The number of nitrogens with one attached hydrogen (secondary N) is 4. The van der Waals surface area contributed by atoms with Crippen molar-refractivity contribution < 1.29 is 0 Å². The van der Waals surface area contributed by atoms with Crippen molar-refractivity contribution in [1.82, 2.24) is 19.9 Å². The van der Waals surface area contributed by atoms with E-state index in [1.54, 1.807) is 0 Å². The van der Waals surface area contributed by atoms with Gasteiger partial charge in [-0.2, -0.15) is 0 Å². The molecule has 4 nitrogen and oxygen atoms in total. The van der Waals surface area contributed by atoms with Crippen LogP contribution in [0.25, 0.3) is 0 Å². The van der Waals surface area contributed by atoms with E-state index in [4.69, 9.17) is 46.4 Å². The second-order valence-electron chi connectivity index (χ2n) is 17.4. The van der Waals surface area contributed by atoms with Gasteiger partial charge in [0.05, 0.1) is 21.7 Å². The predicted octanol–water partition coefficient (Wildman–Crippen LogP) is 14.7. The largest absolute Gasteiger partial charge is 0.360 e. The summed E-state index contributed by atoms with van der Waals surface area (Å²) in [7, 11) is 0. The van der Waals surface area contributed by atoms with E-state index in [1.165, 1.54) is 22.3 Å². The third-order valence-corrected chi connectivity index (χ3v) is 15.3. The van der Waals surface area contributed by atoms with Gasteiger partial charge < -0.3 is 19.9 Å². The third-order valence-electron chi connectivity index (χ3n) is 14.2. The highest BCUT2D eigenvalue weighted by Gasteiger charge is 2.47. The highest BCUT2D eigenvalue weighted by Crippen LogP contribution is 2.52. The lowest BCUT2D eigenvalue weighted by atomic mass is 9.71. The molecule has 64 heavy (non-hydrogen) atoms. The van der Waals surface area contributed by atoms with E-state index >= 15 is 0 Å². The molecule has 5 heterocycles. The molecule has 4 N–H and O–H groups in total. The number of H-pyrrole nitrogens is 4. The van der Waals surface area contributed by atoms with Gasteiger partial charge in [-0.3, -0.25) is 0 Å². The van der Waals surface area contributed by atoms with Gasteiger partial charge in [0.15, 0.2) is 0 Å². The van der Waals surface area contributed by atoms with Gasteiger partial charge in [-0.1, -0.05) is 121 Å². The molecule has 0 saturated carbocycles. The first kappa shape index (κ1) is 44.4. The Labute approximate surface area is 398 Å². The van der Waals surface area contributed by atoms with E-state index in [9.17, 15) is 0 Å². The number of benzene rings is 4. The standard InChI is InChI=1S/C56H56Cl4N4/c57-37-13-33-53(41-17-5-1-6-18-41)45-25-27-47(61-45)54(34-14-38-58,42-19-7-2-8-20-42)49-29-31-51(63-49)56(36-16-40-60,44-23-11-4-12-24-44)52-32-30-50(64-52)55(35-15-39-59,43-21-9-3-10-22-43)48-28-26-46(53)62-48/h1-12,17-32,61-64H,13-16,33-40H2. The molecule has 0 aliphatic carbocycles. The van der Waals surface area contributed by atoms with E-state index in [2.05, 4.69) is 190 Å². The number of rotatable bonds is 16. The molecule has 8 heteroatoms. The fourth-order valence-corrected chi connectivity index (χ4v) is 11.8. The molecule has 0 amide bonds. The maximum absolute atomic E-state index is 6.69. The van der Waals surface area contributed by atoms with Crippen LogP contribution in [0.2, 0.25) is 0 Å². The predicted molar refractivity (Wildman–Crippen MR) is 268 cm³/mol. The van der Waals surface area contributed by atoms with Crippen molar-refractivity contribution in [3.05, 3.63) is 238 Å². The number of aromatic nitrogens is 4. The first-order valence-electron chi connectivity index (χ1n) is 22.8. The average molecular weight is 927 g/mol. The molecular formula is C56H56Cl4N4. The molecule has 4 aromatic heterocycles. The summed E-state index contributed by atoms with van der Waals surface area (Å²) < 4.78 is 0. The second kappa shape index (κ2) is 19.3. The summed E-state index contributed by atoms with van der Waals surface area (Å²) >= 11 is 26.8. The van der Waals surface area contributed by atoms with Gasteiger partial charge in [0.1, 0.15) is 0 Å². The zero-order valence-electron chi connectivity index (χ0n) is 36.2. The molecule has 0 atom stereocenters. The molecule has 8 aromatic rings. The topological polar surface area (TPSA) is 63.2 Å². The van der Waals surface area contributed by atoms with Crippen LogP contribution in [0.5, 0.6) is 0 Å². The lowest BCUT2D eigenvalue weighted by Crippen LogP contribution is -2.35. The summed E-state index contributed by atoms with van der Waals surface area (Å²) in [5.41, 5.74) is 11.1. The van der Waals surface area contributed by atoms with Crippen molar-refractivity contribution in [2.45, 2.75) is 73.0 Å². The Morgan fingerprint density at radius 3 is 0.578 bits per heavy atom. The third kappa shape index (κ3) is 7.49. The van der Waals surface area contributed by atoms with Crippen molar-refractivity contribution >= 4 is 46.4 Å². The van der Waals surface area contributed by atoms with Crippen LogP contribution in [-0.4, -0.2) is 43.5 Å². The first-order valence-corrected chi connectivity index (χ1v) is 24.9. The molecule has 1 aliphatic rings. The number of alkyl halides is 4. The van der Waals surface area contributed by atoms with Crippen LogP contribution in [0.1, 0.15) is 119 Å². The smallest absolute Gasteiger partial charge is 0.0752 e. The summed E-state index contributed by atoms with van der Waals surface area (Å²) in [6.45, 7) is 0. The minimum absolute atomic E-state index is 0.534. The van der Waals surface area contributed by atoms with Crippen LogP contribution in [0.3, 0.4) is 0 Å². The molecule has 4 aromatic carbocycles. The Morgan fingerprint density at radius 2 is 0.422 bits per heavy atom. The molecular weight excluding hydrogens is 870 g/mol. The summed E-state index contributed by atoms with van der Waals surface area (Å²) in [6.07, 6.45) is 6.31. The number of hydrogen-bond donors (Lipinski definition) is 4. The van der Waals surface area contributed by atoms with E-state index in [0.717, 1.165) is 96.9 Å². The molecule has 0 unspecified atom stereocenters. The molecule has 9 rings (SSSR count). The van der Waals surface area contributed by atoms with Gasteiger partial charge in [-0.05, 0) is 122 Å². The summed E-state index contributed by atoms with van der Waals surface area (Å²) in [4.78, 5) is 16.8. The molecule has 0 saturated heterocycles. The normalized spacial score (nSPS) is 21.8. The average Bonchev–Trinajstić information content (AvgIpc) is 4.22. The quantitative estimate of drug-likeness (QED) is 0.0698. The first-order chi connectivity index (χ1) is 31.5. The number of halogens is 4. The fraction of sp³-hybridized carbons (Fsp3) is 0.286. The summed E-state index contributed by atoms with van der Waals surface area (Å²) in [5, 5.41) is 0. The fourth-order valence-electron chi connectivity index (χ4n) is 11.3. The minimum Gasteiger partial charge on any atom is -0.360 e. The van der Waals surface area contributed by atoms with Crippen molar-refractivity contribution in [1.29, 1.82) is 0 Å². The zero-order chi connectivity index (χ0) is 44.0. The van der Waals surface area contributed by atoms with Gasteiger partial charge in [-0.25, -0.2) is 0 Å². The molecule has 0 spiro atoms. The van der Waals surface area contributed by atoms with Gasteiger partial charge >= 0.3 is 0 Å². The van der Waals surface area contributed by atoms with E-state index in [-0.39, 0.29) is 0 Å². The molecule has 1 aliphatic heterocycles. The van der Waals surface area contributed by atoms with Gasteiger partial charge in [0, 0.05) is 69.1 Å². The Hall–Kier alpha value is -4.84. The van der Waals surface area contributed by atoms with Crippen molar-refractivity contribution in [3.8, 4) is 0 Å². The monoisotopic (exact) mass is 924 g/mol. The molecule has 0 fully saturated rings. The maximum Gasteiger partial charge on any atom is 0.0752 e. The van der Waals surface area contributed by atoms with Crippen molar-refractivity contribution in [3.63, 3.8) is 0 Å². The van der Waals surface area contributed by atoms with Crippen LogP contribution in [-0.2, 0) is 21.7 Å². The number of fused-ring (bicyclic) bond motifs is 8.